The quantitative estimate of drug-likeness (QED) is 0.765. The van der Waals surface area contributed by atoms with Gasteiger partial charge >= 0.3 is 0 Å². The second kappa shape index (κ2) is 11.5. The van der Waals surface area contributed by atoms with Crippen LogP contribution in [0.5, 0.6) is 5.75 Å². The number of hydrogen-bond acceptors (Lipinski definition) is 4. The Balaban J connectivity index is 1.49. The van der Waals surface area contributed by atoms with Crippen LogP contribution in [0.4, 0.5) is 0 Å². The summed E-state index contributed by atoms with van der Waals surface area (Å²) in [4.78, 5) is 15.3. The van der Waals surface area contributed by atoms with Crippen molar-refractivity contribution in [2.75, 3.05) is 39.8 Å². The number of likely N-dealkylation sites (tertiary alicyclic amines) is 1. The molecule has 2 heterocycles. The van der Waals surface area contributed by atoms with E-state index in [9.17, 15) is 4.79 Å². The monoisotopic (exact) mass is 435 g/mol. The molecule has 2 N–H and O–H groups in total. The molecule has 1 unspecified atom stereocenters. The SMILES string of the molecule is CN1CCCC(CNC(=O)c2ccc3c(c2)Cc2cccc(c2)CNCCCCCO3)C1. The minimum Gasteiger partial charge on any atom is -0.493 e. The van der Waals surface area contributed by atoms with E-state index in [0.717, 1.165) is 75.3 Å². The van der Waals surface area contributed by atoms with Crippen LogP contribution < -0.4 is 15.4 Å². The summed E-state index contributed by atoms with van der Waals surface area (Å²) in [6.07, 6.45) is 6.52. The van der Waals surface area contributed by atoms with Crippen LogP contribution >= 0.6 is 0 Å². The predicted octanol–water partition coefficient (Wildman–Crippen LogP) is 4.00. The molecule has 2 aliphatic heterocycles. The van der Waals surface area contributed by atoms with Crippen molar-refractivity contribution in [3.05, 3.63) is 64.7 Å². The molecule has 0 aliphatic carbocycles. The lowest BCUT2D eigenvalue weighted by Crippen LogP contribution is -2.39. The molecule has 2 aromatic carbocycles. The largest absolute Gasteiger partial charge is 0.493 e. The van der Waals surface area contributed by atoms with E-state index in [-0.39, 0.29) is 5.91 Å². The molecular formula is C27H37N3O2. The van der Waals surface area contributed by atoms with E-state index in [1.807, 2.05) is 18.2 Å². The number of ether oxygens (including phenoxy) is 1. The Morgan fingerprint density at radius 3 is 2.94 bits per heavy atom. The van der Waals surface area contributed by atoms with Gasteiger partial charge in [-0.05, 0) is 93.0 Å². The Bertz CT molecular complexity index is 898. The number of hydrogen-bond donors (Lipinski definition) is 2. The number of piperidine rings is 1. The second-order valence-electron chi connectivity index (χ2n) is 9.39. The molecule has 4 rings (SSSR count). The molecule has 0 radical (unpaired) electrons. The van der Waals surface area contributed by atoms with Crippen molar-refractivity contribution in [1.82, 2.24) is 15.5 Å². The number of amides is 1. The second-order valence-corrected chi connectivity index (χ2v) is 9.39. The van der Waals surface area contributed by atoms with Crippen LogP contribution in [0.15, 0.2) is 42.5 Å². The van der Waals surface area contributed by atoms with Crippen LogP contribution in [0.2, 0.25) is 0 Å². The summed E-state index contributed by atoms with van der Waals surface area (Å²) in [7, 11) is 2.16. The smallest absolute Gasteiger partial charge is 0.251 e. The van der Waals surface area contributed by atoms with Crippen molar-refractivity contribution < 1.29 is 9.53 Å². The molecule has 0 aromatic heterocycles. The zero-order valence-corrected chi connectivity index (χ0v) is 19.4. The highest BCUT2D eigenvalue weighted by atomic mass is 16.5. The number of carbonyl (C=O) groups is 1. The van der Waals surface area contributed by atoms with Crippen molar-refractivity contribution >= 4 is 5.91 Å². The van der Waals surface area contributed by atoms with Gasteiger partial charge < -0.3 is 20.3 Å². The zero-order valence-electron chi connectivity index (χ0n) is 19.4. The van der Waals surface area contributed by atoms with Crippen LogP contribution in [-0.4, -0.2) is 50.6 Å². The van der Waals surface area contributed by atoms with Crippen molar-refractivity contribution in [3.8, 4) is 5.75 Å². The van der Waals surface area contributed by atoms with Crippen LogP contribution in [0, 0.1) is 5.92 Å². The van der Waals surface area contributed by atoms with Crippen molar-refractivity contribution in [3.63, 3.8) is 0 Å². The summed E-state index contributed by atoms with van der Waals surface area (Å²) in [6.45, 7) is 5.61. The van der Waals surface area contributed by atoms with Gasteiger partial charge in [0.25, 0.3) is 5.91 Å². The van der Waals surface area contributed by atoms with Gasteiger partial charge in [-0.1, -0.05) is 24.3 Å². The first-order chi connectivity index (χ1) is 15.7. The van der Waals surface area contributed by atoms with E-state index in [2.05, 4.69) is 46.8 Å². The number of fused-ring (bicyclic) bond motifs is 3. The fourth-order valence-corrected chi connectivity index (χ4v) is 4.79. The number of rotatable bonds is 3. The van der Waals surface area contributed by atoms with E-state index < -0.39 is 0 Å². The number of carbonyl (C=O) groups excluding carboxylic acids is 1. The third kappa shape index (κ3) is 6.57. The van der Waals surface area contributed by atoms with Crippen molar-refractivity contribution in [1.29, 1.82) is 0 Å². The molecule has 1 saturated heterocycles. The topological polar surface area (TPSA) is 53.6 Å². The highest BCUT2D eigenvalue weighted by Gasteiger charge is 2.19. The molecule has 2 aliphatic rings. The Morgan fingerprint density at radius 2 is 2.03 bits per heavy atom. The molecule has 2 bridgehead atoms. The molecule has 1 amide bonds. The predicted molar refractivity (Wildman–Crippen MR) is 129 cm³/mol. The van der Waals surface area contributed by atoms with Gasteiger partial charge in [0.05, 0.1) is 6.61 Å². The third-order valence-electron chi connectivity index (χ3n) is 6.57. The minimum atomic E-state index is 0.0124. The standard InChI is InChI=1S/C27H37N3O2/c1-30-13-6-9-23(20-30)19-29-27(31)24-10-11-26-25(17-24)16-21-7-5-8-22(15-21)18-28-12-3-2-4-14-32-26/h5,7-8,10-11,15,17,23,28H,2-4,6,9,12-14,16,18-20H2,1H3,(H,29,31). The Hall–Kier alpha value is -2.37. The van der Waals surface area contributed by atoms with E-state index in [1.165, 1.54) is 24.0 Å². The van der Waals surface area contributed by atoms with Gasteiger partial charge in [0.1, 0.15) is 5.75 Å². The number of nitrogens with zero attached hydrogens (tertiary/aromatic N) is 1. The summed E-state index contributed by atoms with van der Waals surface area (Å²) in [5.74, 6) is 1.45. The maximum Gasteiger partial charge on any atom is 0.251 e. The van der Waals surface area contributed by atoms with Gasteiger partial charge in [0, 0.05) is 31.6 Å². The van der Waals surface area contributed by atoms with Gasteiger partial charge in [-0.2, -0.15) is 0 Å². The number of nitrogens with one attached hydrogen (secondary N) is 2. The maximum absolute atomic E-state index is 12.9. The molecule has 2 aromatic rings. The normalized spacial score (nSPS) is 20.5. The van der Waals surface area contributed by atoms with Gasteiger partial charge in [-0.25, -0.2) is 0 Å². The fraction of sp³-hybridized carbons (Fsp3) is 0.519. The highest BCUT2D eigenvalue weighted by molar-refractivity contribution is 5.94. The van der Waals surface area contributed by atoms with Crippen LogP contribution in [0.25, 0.3) is 0 Å². The Labute approximate surface area is 192 Å². The van der Waals surface area contributed by atoms with Crippen LogP contribution in [0.3, 0.4) is 0 Å². The first-order valence-electron chi connectivity index (χ1n) is 12.2. The van der Waals surface area contributed by atoms with Gasteiger partial charge in [0.2, 0.25) is 0 Å². The minimum absolute atomic E-state index is 0.0124. The lowest BCUT2D eigenvalue weighted by atomic mass is 9.98. The average molecular weight is 436 g/mol. The summed E-state index contributed by atoms with van der Waals surface area (Å²) in [5, 5.41) is 6.71. The summed E-state index contributed by atoms with van der Waals surface area (Å²) >= 11 is 0. The first-order valence-corrected chi connectivity index (χ1v) is 12.2. The summed E-state index contributed by atoms with van der Waals surface area (Å²) in [6, 6.07) is 14.6. The molecule has 1 atom stereocenters. The highest BCUT2D eigenvalue weighted by Crippen LogP contribution is 2.25. The maximum atomic E-state index is 12.9. The molecule has 5 heteroatoms. The summed E-state index contributed by atoms with van der Waals surface area (Å²) < 4.78 is 6.15. The lowest BCUT2D eigenvalue weighted by molar-refractivity contribution is 0.0936. The van der Waals surface area contributed by atoms with Crippen LogP contribution in [-0.2, 0) is 13.0 Å². The molecule has 1 fully saturated rings. The molecule has 0 spiro atoms. The van der Waals surface area contributed by atoms with Gasteiger partial charge in [0.15, 0.2) is 0 Å². The van der Waals surface area contributed by atoms with E-state index >= 15 is 0 Å². The molecule has 32 heavy (non-hydrogen) atoms. The fourth-order valence-electron chi connectivity index (χ4n) is 4.79. The summed E-state index contributed by atoms with van der Waals surface area (Å²) in [5.41, 5.74) is 4.34. The molecule has 0 saturated carbocycles. The Morgan fingerprint density at radius 1 is 1.12 bits per heavy atom. The Kier molecular flexibility index (Phi) is 8.18. The van der Waals surface area contributed by atoms with E-state index in [4.69, 9.17) is 4.74 Å². The van der Waals surface area contributed by atoms with Crippen LogP contribution in [0.1, 0.15) is 59.2 Å². The zero-order chi connectivity index (χ0) is 22.2. The first kappa shape index (κ1) is 22.8. The lowest BCUT2D eigenvalue weighted by Gasteiger charge is -2.29. The van der Waals surface area contributed by atoms with Gasteiger partial charge in [-0.15, -0.1) is 0 Å². The van der Waals surface area contributed by atoms with Crippen molar-refractivity contribution in [2.45, 2.75) is 45.1 Å². The average Bonchev–Trinajstić information content (AvgIpc) is 2.80. The molecule has 172 valence electrons. The van der Waals surface area contributed by atoms with Crippen molar-refractivity contribution in [2.24, 2.45) is 5.92 Å². The third-order valence-corrected chi connectivity index (χ3v) is 6.57. The van der Waals surface area contributed by atoms with E-state index in [0.29, 0.717) is 12.5 Å². The van der Waals surface area contributed by atoms with Gasteiger partial charge in [-0.3, -0.25) is 4.79 Å². The number of benzene rings is 2. The molecule has 5 nitrogen and oxygen atoms in total. The van der Waals surface area contributed by atoms with E-state index in [1.54, 1.807) is 0 Å². The molecular weight excluding hydrogens is 398 g/mol.